The maximum absolute atomic E-state index is 10.7. The minimum Gasteiger partial charge on any atom is -0.550 e. The van der Waals surface area contributed by atoms with E-state index in [1.807, 2.05) is 18.2 Å². The van der Waals surface area contributed by atoms with Gasteiger partial charge in [-0.3, -0.25) is 0 Å². The van der Waals surface area contributed by atoms with Gasteiger partial charge in [-0.05, 0) is 30.4 Å². The maximum atomic E-state index is 10.7. The number of nitrogens with zero attached hydrogens (tertiary/aromatic N) is 1. The first-order chi connectivity index (χ1) is 8.27. The molecule has 0 radical (unpaired) electrons. The second-order valence-electron chi connectivity index (χ2n) is 6.21. The molecule has 18 heavy (non-hydrogen) atoms. The number of fused-ring (bicyclic) bond motifs is 1. The number of carboxylic acid groups (broad SMARTS) is 1. The number of carbonyl (C=O) groups is 1. The number of aliphatic carboxylic acids is 1. The Balaban J connectivity index is 0.000000280. The van der Waals surface area contributed by atoms with Crippen LogP contribution in [-0.2, 0) is 17.6 Å². The van der Waals surface area contributed by atoms with Crippen LogP contribution in [0.15, 0.2) is 24.3 Å². The molecular weight excluding hydrogens is 226 g/mol. The minimum absolute atomic E-state index is 0.283. The van der Waals surface area contributed by atoms with Crippen LogP contribution >= 0.6 is 0 Å². The van der Waals surface area contributed by atoms with Gasteiger partial charge in [-0.25, -0.2) is 0 Å². The zero-order valence-electron chi connectivity index (χ0n) is 11.8. The van der Waals surface area contributed by atoms with Gasteiger partial charge < -0.3 is 14.4 Å². The lowest BCUT2D eigenvalue weighted by molar-refractivity contribution is -0.849. The Morgan fingerprint density at radius 3 is 2.17 bits per heavy atom. The maximum Gasteiger partial charge on any atom is 0.0675 e. The van der Waals surface area contributed by atoms with Gasteiger partial charge in [0, 0.05) is 11.9 Å². The Morgan fingerprint density at radius 1 is 1.17 bits per heavy atom. The Kier molecular flexibility index (Phi) is 4.91. The number of rotatable bonds is 1. The number of hydrogen-bond acceptors (Lipinski definition) is 2. The van der Waals surface area contributed by atoms with Crippen molar-refractivity contribution in [1.82, 2.24) is 0 Å². The van der Waals surface area contributed by atoms with E-state index in [1.54, 1.807) is 0 Å². The topological polar surface area (TPSA) is 40.1 Å². The summed E-state index contributed by atoms with van der Waals surface area (Å²) in [6, 6.07) is 8.03. The summed E-state index contributed by atoms with van der Waals surface area (Å²) in [4.78, 5) is 10.7. The van der Waals surface area contributed by atoms with Gasteiger partial charge in [0.25, 0.3) is 0 Å². The van der Waals surface area contributed by atoms with Gasteiger partial charge in [-0.2, -0.15) is 0 Å². The van der Waals surface area contributed by atoms with E-state index < -0.39 is 5.97 Å². The third-order valence-corrected chi connectivity index (χ3v) is 2.68. The molecule has 0 bridgehead atoms. The summed E-state index contributed by atoms with van der Waals surface area (Å²) < 4.78 is 1.00. The molecule has 3 heteroatoms. The quantitative estimate of drug-likeness (QED) is 0.693. The molecule has 0 saturated heterocycles. The molecule has 0 heterocycles. The number of hydrogen-bond donors (Lipinski definition) is 0. The molecule has 0 amide bonds. The summed E-state index contributed by atoms with van der Waals surface area (Å²) >= 11 is 0. The summed E-state index contributed by atoms with van der Waals surface area (Å²) in [7, 11) is 8.50. The standard InChI is InChI=1S/C11H12O2.C4H12N/c12-11(13)10-6-5-8-3-1-2-4-9(8)7-10;1-5(2,3)4/h1-4,10H,5-7H2,(H,12,13);1-4H3/q;+1/p-1. The molecule has 1 aromatic carbocycles. The molecule has 0 saturated carbocycles. The number of carbonyl (C=O) groups excluding carboxylic acids is 1. The van der Waals surface area contributed by atoms with Gasteiger partial charge in [0.2, 0.25) is 0 Å². The smallest absolute Gasteiger partial charge is 0.0675 e. The van der Waals surface area contributed by atoms with Crippen LogP contribution in [0.1, 0.15) is 17.5 Å². The van der Waals surface area contributed by atoms with E-state index in [-0.39, 0.29) is 5.92 Å². The van der Waals surface area contributed by atoms with Crippen molar-refractivity contribution in [2.45, 2.75) is 19.3 Å². The average molecular weight is 249 g/mol. The Labute approximate surface area is 110 Å². The van der Waals surface area contributed by atoms with Crippen LogP contribution in [0.5, 0.6) is 0 Å². The summed E-state index contributed by atoms with van der Waals surface area (Å²) in [5, 5.41) is 10.7. The molecular formula is C15H23NO2. The van der Waals surface area contributed by atoms with Crippen LogP contribution in [-0.4, -0.2) is 38.6 Å². The molecule has 1 aromatic rings. The van der Waals surface area contributed by atoms with E-state index in [0.717, 1.165) is 17.3 Å². The van der Waals surface area contributed by atoms with Crippen molar-refractivity contribution in [3.05, 3.63) is 35.4 Å². The van der Waals surface area contributed by atoms with E-state index >= 15 is 0 Å². The van der Waals surface area contributed by atoms with Crippen molar-refractivity contribution >= 4 is 5.97 Å². The number of carboxylic acids is 1. The lowest BCUT2D eigenvalue weighted by Crippen LogP contribution is -2.34. The number of benzene rings is 1. The van der Waals surface area contributed by atoms with E-state index in [0.29, 0.717) is 6.42 Å². The van der Waals surface area contributed by atoms with Gasteiger partial charge in [0.1, 0.15) is 0 Å². The predicted molar refractivity (Wildman–Crippen MR) is 70.9 cm³/mol. The molecule has 3 nitrogen and oxygen atoms in total. The molecule has 2 rings (SSSR count). The molecule has 0 aliphatic heterocycles. The van der Waals surface area contributed by atoms with Crippen molar-refractivity contribution in [2.24, 2.45) is 5.92 Å². The highest BCUT2D eigenvalue weighted by molar-refractivity contribution is 5.68. The monoisotopic (exact) mass is 249 g/mol. The van der Waals surface area contributed by atoms with Crippen LogP contribution in [0.25, 0.3) is 0 Å². The number of quaternary nitrogens is 1. The van der Waals surface area contributed by atoms with Crippen molar-refractivity contribution < 1.29 is 14.4 Å². The molecule has 1 unspecified atom stereocenters. The van der Waals surface area contributed by atoms with Crippen LogP contribution in [0, 0.1) is 5.92 Å². The molecule has 0 spiro atoms. The first kappa shape index (κ1) is 14.7. The molecule has 0 N–H and O–H groups in total. The van der Waals surface area contributed by atoms with Gasteiger partial charge >= 0.3 is 0 Å². The summed E-state index contributed by atoms with van der Waals surface area (Å²) in [6.07, 6.45) is 2.23. The first-order valence-electron chi connectivity index (χ1n) is 6.34. The molecule has 1 atom stereocenters. The van der Waals surface area contributed by atoms with E-state index in [4.69, 9.17) is 0 Å². The van der Waals surface area contributed by atoms with Crippen LogP contribution in [0.4, 0.5) is 0 Å². The molecule has 0 fully saturated rings. The van der Waals surface area contributed by atoms with Gasteiger partial charge in [0.05, 0.1) is 28.2 Å². The van der Waals surface area contributed by atoms with Crippen LogP contribution in [0.2, 0.25) is 0 Å². The highest BCUT2D eigenvalue weighted by atomic mass is 16.4. The summed E-state index contributed by atoms with van der Waals surface area (Å²) in [5.41, 5.74) is 2.46. The Bertz CT molecular complexity index is 401. The Morgan fingerprint density at radius 2 is 1.67 bits per heavy atom. The zero-order valence-corrected chi connectivity index (χ0v) is 11.8. The second-order valence-corrected chi connectivity index (χ2v) is 6.21. The van der Waals surface area contributed by atoms with Gasteiger partial charge in [-0.15, -0.1) is 0 Å². The SMILES string of the molecule is C[N+](C)(C)C.O=C([O-])C1CCc2ccccc2C1. The average Bonchev–Trinajstić information content (AvgIpc) is 2.26. The highest BCUT2D eigenvalue weighted by Crippen LogP contribution is 2.24. The van der Waals surface area contributed by atoms with E-state index in [9.17, 15) is 9.90 Å². The minimum atomic E-state index is -0.908. The highest BCUT2D eigenvalue weighted by Gasteiger charge is 2.18. The van der Waals surface area contributed by atoms with Crippen molar-refractivity contribution in [3.8, 4) is 0 Å². The van der Waals surface area contributed by atoms with Crippen LogP contribution < -0.4 is 5.11 Å². The summed E-state index contributed by atoms with van der Waals surface area (Å²) in [6.45, 7) is 0. The molecule has 1 aliphatic rings. The summed E-state index contributed by atoms with van der Waals surface area (Å²) in [5.74, 6) is -1.19. The van der Waals surface area contributed by atoms with Crippen LogP contribution in [0.3, 0.4) is 0 Å². The van der Waals surface area contributed by atoms with Crippen molar-refractivity contribution in [2.75, 3.05) is 28.2 Å². The van der Waals surface area contributed by atoms with Crippen molar-refractivity contribution in [1.29, 1.82) is 0 Å². The van der Waals surface area contributed by atoms with E-state index in [1.165, 1.54) is 11.1 Å². The van der Waals surface area contributed by atoms with Crippen molar-refractivity contribution in [3.63, 3.8) is 0 Å². The molecule has 1 aliphatic carbocycles. The fraction of sp³-hybridized carbons (Fsp3) is 0.533. The van der Waals surface area contributed by atoms with Gasteiger partial charge in [0.15, 0.2) is 0 Å². The van der Waals surface area contributed by atoms with E-state index in [2.05, 4.69) is 34.3 Å². The largest absolute Gasteiger partial charge is 0.550 e. The lowest BCUT2D eigenvalue weighted by atomic mass is 9.84. The number of aryl methyl sites for hydroxylation is 1. The zero-order chi connectivity index (χ0) is 13.8. The van der Waals surface area contributed by atoms with Gasteiger partial charge in [-0.1, -0.05) is 24.3 Å². The Hall–Kier alpha value is -1.35. The fourth-order valence-electron chi connectivity index (χ4n) is 1.90. The molecule has 0 aromatic heterocycles. The third kappa shape index (κ3) is 5.32. The normalized spacial score (nSPS) is 18.3. The predicted octanol–water partition coefficient (Wildman–Crippen LogP) is 0.864. The fourth-order valence-corrected chi connectivity index (χ4v) is 1.90. The second kappa shape index (κ2) is 6.01. The first-order valence-corrected chi connectivity index (χ1v) is 6.34. The third-order valence-electron chi connectivity index (χ3n) is 2.68. The lowest BCUT2D eigenvalue weighted by Gasteiger charge is -2.24. The molecule has 100 valence electrons.